The Kier molecular flexibility index (Phi) is 8.53. The summed E-state index contributed by atoms with van der Waals surface area (Å²) in [5.41, 5.74) is 8.04. The van der Waals surface area contributed by atoms with E-state index < -0.39 is 48.6 Å². The second-order valence-electron chi connectivity index (χ2n) is 8.19. The molecule has 3 rings (SSSR count). The van der Waals surface area contributed by atoms with Crippen LogP contribution in [0.4, 0.5) is 0 Å². The van der Waals surface area contributed by atoms with Crippen LogP contribution in [0.15, 0.2) is 30.5 Å². The van der Waals surface area contributed by atoms with Crippen LogP contribution in [0.3, 0.4) is 0 Å². The Balaban J connectivity index is 1.63. The molecule has 1 aromatic heterocycles. The number of carbonyl (C=O) groups is 4. The number of carboxylic acid groups (broad SMARTS) is 1. The van der Waals surface area contributed by atoms with Crippen molar-refractivity contribution in [3.05, 3.63) is 36.0 Å². The number of H-pyrrole nitrogens is 1. The largest absolute Gasteiger partial charge is 0.480 e. The summed E-state index contributed by atoms with van der Waals surface area (Å²) in [6.45, 7) is -0.396. The summed E-state index contributed by atoms with van der Waals surface area (Å²) in [6.07, 6.45) is 3.06. The summed E-state index contributed by atoms with van der Waals surface area (Å²) < 4.78 is 0. The number of aromatic nitrogens is 1. The first-order valence-electron chi connectivity index (χ1n) is 10.9. The molecule has 1 aliphatic heterocycles. The van der Waals surface area contributed by atoms with Gasteiger partial charge in [0.25, 0.3) is 0 Å². The fourth-order valence-corrected chi connectivity index (χ4v) is 4.31. The van der Waals surface area contributed by atoms with E-state index in [4.69, 9.17) is 10.8 Å². The Morgan fingerprint density at radius 1 is 1.21 bits per heavy atom. The van der Waals surface area contributed by atoms with Crippen LogP contribution in [0.2, 0.25) is 0 Å². The molecule has 2 heterocycles. The number of hydrogen-bond donors (Lipinski definition) is 7. The zero-order valence-corrected chi connectivity index (χ0v) is 19.3. The number of aromatic amines is 1. The predicted molar refractivity (Wildman–Crippen MR) is 127 cm³/mol. The van der Waals surface area contributed by atoms with E-state index in [9.17, 15) is 24.3 Å². The van der Waals surface area contributed by atoms with Gasteiger partial charge in [-0.3, -0.25) is 14.4 Å². The second-order valence-corrected chi connectivity index (χ2v) is 8.55. The number of aliphatic carboxylic acids is 1. The number of aliphatic hydroxyl groups is 1. The van der Waals surface area contributed by atoms with Gasteiger partial charge in [-0.1, -0.05) is 18.2 Å². The van der Waals surface area contributed by atoms with E-state index >= 15 is 0 Å². The number of thiol groups is 1. The number of hydrogen-bond acceptors (Lipinski definition) is 7. The van der Waals surface area contributed by atoms with Crippen molar-refractivity contribution in [1.29, 1.82) is 0 Å². The first-order chi connectivity index (χ1) is 16.3. The maximum Gasteiger partial charge on any atom is 0.327 e. The summed E-state index contributed by atoms with van der Waals surface area (Å²) >= 11 is 3.87. The summed E-state index contributed by atoms with van der Waals surface area (Å²) in [6, 6.07) is 3.32. The van der Waals surface area contributed by atoms with Gasteiger partial charge in [0.2, 0.25) is 17.7 Å². The highest BCUT2D eigenvalue weighted by atomic mass is 32.1. The predicted octanol–water partition coefficient (Wildman–Crippen LogP) is -0.995. The Hall–Kier alpha value is -3.09. The number of para-hydroxylation sites is 1. The van der Waals surface area contributed by atoms with Crippen molar-refractivity contribution in [1.82, 2.24) is 20.5 Å². The molecule has 7 N–H and O–H groups in total. The van der Waals surface area contributed by atoms with Crippen molar-refractivity contribution in [2.75, 3.05) is 18.9 Å². The Bertz CT molecular complexity index is 1060. The zero-order chi connectivity index (χ0) is 24.8. The van der Waals surface area contributed by atoms with Crippen LogP contribution in [-0.2, 0) is 25.6 Å². The van der Waals surface area contributed by atoms with Crippen LogP contribution >= 0.6 is 12.6 Å². The fraction of sp³-hybridized carbons (Fsp3) is 0.455. The zero-order valence-electron chi connectivity index (χ0n) is 18.4. The quantitative estimate of drug-likeness (QED) is 0.208. The smallest absolute Gasteiger partial charge is 0.327 e. The highest BCUT2D eigenvalue weighted by molar-refractivity contribution is 7.80. The lowest BCUT2D eigenvalue weighted by molar-refractivity contribution is -0.142. The first-order valence-corrected chi connectivity index (χ1v) is 11.6. The number of likely N-dealkylation sites (tertiary alicyclic amines) is 1. The molecule has 1 aliphatic rings. The molecule has 0 saturated carbocycles. The number of carbonyl (C=O) groups excluding carboxylic acids is 3. The van der Waals surface area contributed by atoms with E-state index in [2.05, 4.69) is 28.2 Å². The first kappa shape index (κ1) is 25.5. The minimum Gasteiger partial charge on any atom is -0.480 e. The monoisotopic (exact) mass is 491 g/mol. The van der Waals surface area contributed by atoms with Gasteiger partial charge in [0.05, 0.1) is 12.6 Å². The minimum absolute atomic E-state index is 0.160. The third-order valence-corrected chi connectivity index (χ3v) is 6.25. The lowest BCUT2D eigenvalue weighted by atomic mass is 10.0. The van der Waals surface area contributed by atoms with E-state index in [1.807, 2.05) is 30.5 Å². The molecule has 0 bridgehead atoms. The highest BCUT2D eigenvalue weighted by Crippen LogP contribution is 2.22. The van der Waals surface area contributed by atoms with Crippen LogP contribution < -0.4 is 16.4 Å². The molecule has 3 amide bonds. The minimum atomic E-state index is -1.37. The van der Waals surface area contributed by atoms with Gasteiger partial charge in [-0.15, -0.1) is 0 Å². The Morgan fingerprint density at radius 3 is 2.62 bits per heavy atom. The Labute approximate surface area is 201 Å². The maximum absolute atomic E-state index is 13.1. The van der Waals surface area contributed by atoms with Gasteiger partial charge in [0.15, 0.2) is 0 Å². The van der Waals surface area contributed by atoms with Gasteiger partial charge in [-0.25, -0.2) is 4.79 Å². The molecule has 4 unspecified atom stereocenters. The van der Waals surface area contributed by atoms with Crippen LogP contribution in [0.1, 0.15) is 18.4 Å². The van der Waals surface area contributed by atoms with Crippen molar-refractivity contribution >= 4 is 47.2 Å². The number of fused-ring (bicyclic) bond motifs is 1. The molecule has 34 heavy (non-hydrogen) atoms. The molecule has 4 atom stereocenters. The van der Waals surface area contributed by atoms with E-state index in [0.29, 0.717) is 19.4 Å². The number of nitrogens with one attached hydrogen (secondary N) is 3. The summed E-state index contributed by atoms with van der Waals surface area (Å²) in [5, 5.41) is 24.2. The number of nitrogens with zero attached hydrogens (tertiary/aromatic N) is 1. The molecule has 1 aromatic carbocycles. The average molecular weight is 492 g/mol. The number of amides is 3. The van der Waals surface area contributed by atoms with Crippen molar-refractivity contribution < 1.29 is 29.4 Å². The number of rotatable bonds is 10. The molecule has 0 aliphatic carbocycles. The Morgan fingerprint density at radius 2 is 1.94 bits per heavy atom. The van der Waals surface area contributed by atoms with Gasteiger partial charge in [-0.2, -0.15) is 12.6 Å². The summed E-state index contributed by atoms with van der Waals surface area (Å²) in [7, 11) is 0. The lowest BCUT2D eigenvalue weighted by Crippen LogP contribution is -2.58. The van der Waals surface area contributed by atoms with Gasteiger partial charge in [-0.05, 0) is 30.9 Å². The molecule has 11 nitrogen and oxygen atoms in total. The lowest BCUT2D eigenvalue weighted by Gasteiger charge is -2.28. The van der Waals surface area contributed by atoms with Gasteiger partial charge in [0.1, 0.15) is 18.1 Å². The normalized spacial score (nSPS) is 18.3. The third kappa shape index (κ3) is 5.69. The topological polar surface area (TPSA) is 178 Å². The van der Waals surface area contributed by atoms with E-state index in [1.54, 1.807) is 0 Å². The van der Waals surface area contributed by atoms with Crippen LogP contribution in [-0.4, -0.2) is 86.9 Å². The van der Waals surface area contributed by atoms with Crippen molar-refractivity contribution in [2.45, 2.75) is 43.4 Å². The van der Waals surface area contributed by atoms with Crippen LogP contribution in [0, 0.1) is 0 Å². The van der Waals surface area contributed by atoms with Gasteiger partial charge in [0, 0.05) is 29.4 Å². The summed E-state index contributed by atoms with van der Waals surface area (Å²) in [5.74, 6) is -3.30. The molecule has 2 aromatic rings. The molecule has 184 valence electrons. The van der Waals surface area contributed by atoms with E-state index in [0.717, 1.165) is 16.5 Å². The second kappa shape index (κ2) is 11.4. The molecule has 1 saturated heterocycles. The van der Waals surface area contributed by atoms with E-state index in [-0.39, 0.29) is 18.1 Å². The van der Waals surface area contributed by atoms with Crippen LogP contribution in [0.5, 0.6) is 0 Å². The third-order valence-electron chi connectivity index (χ3n) is 5.88. The molecule has 1 fully saturated rings. The average Bonchev–Trinajstić information content (AvgIpc) is 3.47. The molecular formula is C22H29N5O6S. The number of carboxylic acids is 1. The summed E-state index contributed by atoms with van der Waals surface area (Å²) in [4.78, 5) is 53.9. The van der Waals surface area contributed by atoms with Crippen LogP contribution in [0.25, 0.3) is 10.9 Å². The highest BCUT2D eigenvalue weighted by Gasteiger charge is 2.38. The van der Waals surface area contributed by atoms with Gasteiger partial charge < -0.3 is 36.5 Å². The van der Waals surface area contributed by atoms with Crippen molar-refractivity contribution in [2.24, 2.45) is 5.73 Å². The molecule has 0 spiro atoms. The SMILES string of the molecule is NC(Cc1c[nH]c2ccccc12)C(=O)N1CCCC1C(=O)NC(CO)C(=O)NC(CS)C(=O)O. The fourth-order valence-electron chi connectivity index (χ4n) is 4.06. The number of benzene rings is 1. The standard InChI is InChI=1S/C22H29N5O6S/c23-14(8-12-9-24-15-5-2-1-4-13(12)15)21(31)27-7-3-6-18(27)20(30)25-16(10-28)19(29)26-17(11-34)22(32)33/h1-2,4-5,9,14,16-18,24,28,34H,3,6-8,10-11,23H2,(H,25,30)(H,26,29)(H,32,33). The molecule has 12 heteroatoms. The molecule has 0 radical (unpaired) electrons. The van der Waals surface area contributed by atoms with Crippen molar-refractivity contribution in [3.63, 3.8) is 0 Å². The number of nitrogens with two attached hydrogens (primary N) is 1. The van der Waals surface area contributed by atoms with Crippen molar-refractivity contribution in [3.8, 4) is 0 Å². The van der Waals surface area contributed by atoms with E-state index in [1.165, 1.54) is 4.90 Å². The maximum atomic E-state index is 13.1. The van der Waals surface area contributed by atoms with Gasteiger partial charge >= 0.3 is 5.97 Å². The number of aliphatic hydroxyl groups excluding tert-OH is 1. The molecular weight excluding hydrogens is 462 g/mol.